The molecule has 1 aromatic heterocycles. The maximum Gasteiger partial charge on any atom is 0.316 e. The molecule has 0 unspecified atom stereocenters. The van der Waals surface area contributed by atoms with E-state index in [4.69, 9.17) is 4.74 Å². The molecule has 5 nitrogen and oxygen atoms in total. The molecule has 0 radical (unpaired) electrons. The lowest BCUT2D eigenvalue weighted by atomic mass is 9.99. The van der Waals surface area contributed by atoms with E-state index in [9.17, 15) is 4.79 Å². The zero-order valence-corrected chi connectivity index (χ0v) is 14.1. The van der Waals surface area contributed by atoms with Crippen LogP contribution in [0.15, 0.2) is 47.9 Å². The van der Waals surface area contributed by atoms with Crippen LogP contribution in [0.3, 0.4) is 0 Å². The van der Waals surface area contributed by atoms with Gasteiger partial charge in [0.05, 0.1) is 18.6 Å². The van der Waals surface area contributed by atoms with Gasteiger partial charge in [-0.1, -0.05) is 42.1 Å². The van der Waals surface area contributed by atoms with Crippen LogP contribution in [0.4, 0.5) is 0 Å². The Bertz CT molecular complexity index is 902. The number of rotatable bonds is 5. The van der Waals surface area contributed by atoms with Gasteiger partial charge in [0, 0.05) is 5.39 Å². The number of hydrogen-bond acceptors (Lipinski definition) is 5. The lowest BCUT2D eigenvalue weighted by molar-refractivity contribution is -0.137. The highest BCUT2D eigenvalue weighted by Gasteiger charge is 2.26. The van der Waals surface area contributed by atoms with Crippen molar-refractivity contribution in [2.45, 2.75) is 23.9 Å². The van der Waals surface area contributed by atoms with E-state index >= 15 is 0 Å². The summed E-state index contributed by atoms with van der Waals surface area (Å²) in [4.78, 5) is 11.4. The number of carbonyl (C=O) groups is 1. The van der Waals surface area contributed by atoms with Gasteiger partial charge in [0.15, 0.2) is 5.16 Å². The predicted molar refractivity (Wildman–Crippen MR) is 93.6 cm³/mol. The molecule has 1 heterocycles. The SMILES string of the molecule is COC(=O)CSc1nncn1-c1ccc(C2CC2)c2ccccc12. The molecule has 1 saturated carbocycles. The second kappa shape index (κ2) is 6.28. The third-order valence-corrected chi connectivity index (χ3v) is 5.19. The van der Waals surface area contributed by atoms with Crippen LogP contribution in [0.2, 0.25) is 0 Å². The summed E-state index contributed by atoms with van der Waals surface area (Å²) in [6.45, 7) is 0. The Morgan fingerprint density at radius 1 is 1.25 bits per heavy atom. The molecule has 0 saturated heterocycles. The zero-order valence-electron chi connectivity index (χ0n) is 13.3. The van der Waals surface area contributed by atoms with E-state index in [1.54, 1.807) is 6.33 Å². The molecule has 1 fully saturated rings. The van der Waals surface area contributed by atoms with Crippen molar-refractivity contribution in [2.75, 3.05) is 12.9 Å². The van der Waals surface area contributed by atoms with E-state index < -0.39 is 0 Å². The summed E-state index contributed by atoms with van der Waals surface area (Å²) in [5.41, 5.74) is 2.46. The lowest BCUT2D eigenvalue weighted by Gasteiger charge is -2.12. The maximum atomic E-state index is 11.4. The van der Waals surface area contributed by atoms with E-state index in [1.807, 2.05) is 10.6 Å². The molecule has 2 aromatic carbocycles. The minimum absolute atomic E-state index is 0.216. The van der Waals surface area contributed by atoms with Crippen molar-refractivity contribution in [1.82, 2.24) is 14.8 Å². The first-order valence-electron chi connectivity index (χ1n) is 7.89. The Morgan fingerprint density at radius 2 is 2.04 bits per heavy atom. The van der Waals surface area contributed by atoms with Crippen molar-refractivity contribution < 1.29 is 9.53 Å². The largest absolute Gasteiger partial charge is 0.468 e. The lowest BCUT2D eigenvalue weighted by Crippen LogP contribution is -2.05. The predicted octanol–water partition coefficient (Wildman–Crippen LogP) is 3.56. The molecule has 0 N–H and O–H groups in total. The van der Waals surface area contributed by atoms with Crippen LogP contribution >= 0.6 is 11.8 Å². The van der Waals surface area contributed by atoms with Crippen LogP contribution in [0, 0.1) is 0 Å². The first kappa shape index (κ1) is 15.2. The normalized spacial score (nSPS) is 14.0. The van der Waals surface area contributed by atoms with Crippen LogP contribution in [-0.4, -0.2) is 33.6 Å². The molecule has 0 bridgehead atoms. The molecule has 122 valence electrons. The van der Waals surface area contributed by atoms with Gasteiger partial charge in [-0.05, 0) is 35.8 Å². The summed E-state index contributed by atoms with van der Waals surface area (Å²) in [6.07, 6.45) is 4.24. The fraction of sp³-hybridized carbons (Fsp3) is 0.278. The molecule has 1 aliphatic carbocycles. The van der Waals surface area contributed by atoms with Crippen LogP contribution in [0.5, 0.6) is 0 Å². The minimum Gasteiger partial charge on any atom is -0.468 e. The Hall–Kier alpha value is -2.34. The van der Waals surface area contributed by atoms with Crippen molar-refractivity contribution in [1.29, 1.82) is 0 Å². The van der Waals surface area contributed by atoms with Crippen molar-refractivity contribution in [2.24, 2.45) is 0 Å². The summed E-state index contributed by atoms with van der Waals surface area (Å²) < 4.78 is 6.63. The molecule has 1 aliphatic rings. The number of carbonyl (C=O) groups excluding carboxylic acids is 1. The fourth-order valence-corrected chi connectivity index (χ4v) is 3.69. The highest BCUT2D eigenvalue weighted by molar-refractivity contribution is 7.99. The third-order valence-electron chi connectivity index (χ3n) is 4.27. The van der Waals surface area contributed by atoms with Gasteiger partial charge in [0.1, 0.15) is 6.33 Å². The number of methoxy groups -OCH3 is 1. The number of thioether (sulfide) groups is 1. The van der Waals surface area contributed by atoms with Gasteiger partial charge < -0.3 is 4.74 Å². The second-order valence-electron chi connectivity index (χ2n) is 5.84. The first-order valence-corrected chi connectivity index (χ1v) is 8.88. The average Bonchev–Trinajstić information content (AvgIpc) is 3.36. The van der Waals surface area contributed by atoms with E-state index in [-0.39, 0.29) is 11.7 Å². The molecular formula is C18H17N3O2S. The third kappa shape index (κ3) is 2.78. The van der Waals surface area contributed by atoms with Gasteiger partial charge in [-0.25, -0.2) is 0 Å². The smallest absolute Gasteiger partial charge is 0.316 e. The molecule has 0 aliphatic heterocycles. The number of hydrogen-bond donors (Lipinski definition) is 0. The van der Waals surface area contributed by atoms with Gasteiger partial charge in [-0.2, -0.15) is 0 Å². The molecule has 6 heteroatoms. The number of fused-ring (bicyclic) bond motifs is 1. The van der Waals surface area contributed by atoms with Crippen LogP contribution in [0.25, 0.3) is 16.5 Å². The standard InChI is InChI=1S/C18H17N3O2S/c1-23-17(22)10-24-18-20-19-11-21(18)16-9-8-13(12-6-7-12)14-4-2-3-5-15(14)16/h2-5,8-9,11-12H,6-7,10H2,1H3. The highest BCUT2D eigenvalue weighted by Crippen LogP contribution is 2.44. The minimum atomic E-state index is -0.275. The monoisotopic (exact) mass is 339 g/mol. The summed E-state index contributed by atoms with van der Waals surface area (Å²) in [6, 6.07) is 12.8. The molecule has 3 aromatic rings. The van der Waals surface area contributed by atoms with Crippen molar-refractivity contribution in [3.8, 4) is 5.69 Å². The summed E-state index contributed by atoms with van der Waals surface area (Å²) in [5, 5.41) is 11.3. The molecule has 4 rings (SSSR count). The maximum absolute atomic E-state index is 11.4. The molecule has 24 heavy (non-hydrogen) atoms. The van der Waals surface area contributed by atoms with E-state index in [0.717, 1.165) is 5.69 Å². The topological polar surface area (TPSA) is 57.0 Å². The van der Waals surface area contributed by atoms with Gasteiger partial charge in [-0.3, -0.25) is 9.36 Å². The van der Waals surface area contributed by atoms with Gasteiger partial charge in [0.2, 0.25) is 0 Å². The van der Waals surface area contributed by atoms with E-state index in [0.29, 0.717) is 11.1 Å². The van der Waals surface area contributed by atoms with Crippen LogP contribution in [-0.2, 0) is 9.53 Å². The summed E-state index contributed by atoms with van der Waals surface area (Å²) in [7, 11) is 1.39. The first-order chi connectivity index (χ1) is 11.8. The second-order valence-corrected chi connectivity index (χ2v) is 6.78. The van der Waals surface area contributed by atoms with Gasteiger partial charge in [-0.15, -0.1) is 10.2 Å². The molecule has 0 atom stereocenters. The Kier molecular flexibility index (Phi) is 3.98. The number of nitrogens with zero attached hydrogens (tertiary/aromatic N) is 3. The fourth-order valence-electron chi connectivity index (χ4n) is 2.94. The van der Waals surface area contributed by atoms with E-state index in [1.165, 1.54) is 48.0 Å². The van der Waals surface area contributed by atoms with Crippen LogP contribution in [0.1, 0.15) is 24.3 Å². The summed E-state index contributed by atoms with van der Waals surface area (Å²) in [5.74, 6) is 0.634. The average molecular weight is 339 g/mol. The van der Waals surface area contributed by atoms with Crippen molar-refractivity contribution in [3.63, 3.8) is 0 Å². The highest BCUT2D eigenvalue weighted by atomic mass is 32.2. The van der Waals surface area contributed by atoms with Gasteiger partial charge >= 0.3 is 5.97 Å². The number of benzene rings is 2. The van der Waals surface area contributed by atoms with Gasteiger partial charge in [0.25, 0.3) is 0 Å². The number of ether oxygens (including phenoxy) is 1. The zero-order chi connectivity index (χ0) is 16.5. The van der Waals surface area contributed by atoms with E-state index in [2.05, 4.69) is 40.5 Å². The Labute approximate surface area is 144 Å². The van der Waals surface area contributed by atoms with Crippen molar-refractivity contribution in [3.05, 3.63) is 48.3 Å². The Morgan fingerprint density at radius 3 is 2.79 bits per heavy atom. The number of aromatic nitrogens is 3. The summed E-state index contributed by atoms with van der Waals surface area (Å²) >= 11 is 1.33. The Balaban J connectivity index is 1.76. The van der Waals surface area contributed by atoms with Crippen LogP contribution < -0.4 is 0 Å². The van der Waals surface area contributed by atoms with Crippen molar-refractivity contribution >= 4 is 28.5 Å². The quantitative estimate of drug-likeness (QED) is 0.525. The number of esters is 1. The molecule has 0 amide bonds. The molecule has 0 spiro atoms. The molecular weight excluding hydrogens is 322 g/mol.